The van der Waals surface area contributed by atoms with Crippen LogP contribution in [0.2, 0.25) is 0 Å². The third-order valence-corrected chi connectivity index (χ3v) is 2.83. The lowest BCUT2D eigenvalue weighted by molar-refractivity contribution is -0.384. The highest BCUT2D eigenvalue weighted by Crippen LogP contribution is 2.15. The highest BCUT2D eigenvalue weighted by molar-refractivity contribution is 5.90. The van der Waals surface area contributed by atoms with E-state index < -0.39 is 11.0 Å². The van der Waals surface area contributed by atoms with Gasteiger partial charge in [0.1, 0.15) is 5.75 Å². The summed E-state index contributed by atoms with van der Waals surface area (Å²) in [5.74, 6) is 0.728. The molecule has 2 aromatic rings. The molecule has 8 nitrogen and oxygen atoms in total. The molecule has 118 valence electrons. The number of hydrazone groups is 1. The van der Waals surface area contributed by atoms with Crippen molar-refractivity contribution in [3.63, 3.8) is 0 Å². The van der Waals surface area contributed by atoms with Crippen molar-refractivity contribution in [2.75, 3.05) is 12.4 Å². The van der Waals surface area contributed by atoms with Crippen molar-refractivity contribution in [3.8, 4) is 5.75 Å². The fraction of sp³-hybridized carbons (Fsp3) is 0.0667. The first-order valence-corrected chi connectivity index (χ1v) is 6.57. The summed E-state index contributed by atoms with van der Waals surface area (Å²) >= 11 is 0. The minimum Gasteiger partial charge on any atom is -0.497 e. The third kappa shape index (κ3) is 4.81. The Morgan fingerprint density at radius 2 is 1.83 bits per heavy atom. The summed E-state index contributed by atoms with van der Waals surface area (Å²) in [7, 11) is 1.58. The Kier molecular flexibility index (Phi) is 5.24. The topological polar surface area (TPSA) is 106 Å². The molecule has 2 N–H and O–H groups in total. The van der Waals surface area contributed by atoms with Crippen molar-refractivity contribution in [2.24, 2.45) is 5.10 Å². The van der Waals surface area contributed by atoms with Gasteiger partial charge >= 0.3 is 6.03 Å². The number of methoxy groups -OCH3 is 1. The normalized spacial score (nSPS) is 10.3. The Bertz CT molecular complexity index is 711. The number of carbonyl (C=O) groups excluding carboxylic acids is 1. The van der Waals surface area contributed by atoms with Crippen LogP contribution in [-0.2, 0) is 0 Å². The van der Waals surface area contributed by atoms with Crippen LogP contribution >= 0.6 is 0 Å². The second-order valence-electron chi connectivity index (χ2n) is 4.40. The lowest BCUT2D eigenvalue weighted by Crippen LogP contribution is -2.24. The molecule has 0 aliphatic heterocycles. The van der Waals surface area contributed by atoms with Gasteiger partial charge < -0.3 is 10.1 Å². The quantitative estimate of drug-likeness (QED) is 0.503. The van der Waals surface area contributed by atoms with Crippen molar-refractivity contribution in [1.82, 2.24) is 5.43 Å². The Balaban J connectivity index is 1.86. The highest BCUT2D eigenvalue weighted by atomic mass is 16.6. The fourth-order valence-electron chi connectivity index (χ4n) is 1.68. The fourth-order valence-corrected chi connectivity index (χ4v) is 1.68. The van der Waals surface area contributed by atoms with E-state index in [9.17, 15) is 14.9 Å². The minimum absolute atomic E-state index is 0.0477. The molecule has 2 amide bonds. The van der Waals surface area contributed by atoms with Gasteiger partial charge in [0.05, 0.1) is 18.2 Å². The molecule has 0 saturated heterocycles. The third-order valence-electron chi connectivity index (χ3n) is 2.83. The zero-order chi connectivity index (χ0) is 16.7. The summed E-state index contributed by atoms with van der Waals surface area (Å²) in [4.78, 5) is 21.7. The van der Waals surface area contributed by atoms with E-state index in [0.717, 1.165) is 11.3 Å². The maximum atomic E-state index is 11.6. The molecule has 2 rings (SSSR count). The van der Waals surface area contributed by atoms with Crippen LogP contribution in [0.3, 0.4) is 0 Å². The number of nitro groups is 1. The van der Waals surface area contributed by atoms with Crippen LogP contribution in [0.1, 0.15) is 5.56 Å². The number of ether oxygens (including phenoxy) is 1. The average Bonchev–Trinajstić information content (AvgIpc) is 2.56. The Labute approximate surface area is 131 Å². The molecule has 0 spiro atoms. The summed E-state index contributed by atoms with van der Waals surface area (Å²) in [5.41, 5.74) is 3.47. The number of hydrogen-bond donors (Lipinski definition) is 2. The van der Waals surface area contributed by atoms with E-state index in [1.165, 1.54) is 30.5 Å². The number of urea groups is 1. The molecule has 0 fully saturated rings. The highest BCUT2D eigenvalue weighted by Gasteiger charge is 2.05. The van der Waals surface area contributed by atoms with E-state index in [-0.39, 0.29) is 5.69 Å². The maximum absolute atomic E-state index is 11.6. The van der Waals surface area contributed by atoms with Gasteiger partial charge in [0, 0.05) is 17.8 Å². The van der Waals surface area contributed by atoms with Gasteiger partial charge in [0.2, 0.25) is 0 Å². The van der Waals surface area contributed by atoms with Gasteiger partial charge in [-0.25, -0.2) is 10.2 Å². The number of nitrogens with one attached hydrogen (secondary N) is 2. The van der Waals surface area contributed by atoms with E-state index in [1.54, 1.807) is 31.4 Å². The predicted octanol–water partition coefficient (Wildman–Crippen LogP) is 2.76. The summed E-state index contributed by atoms with van der Waals surface area (Å²) < 4.78 is 5.04. The molecule has 8 heteroatoms. The number of rotatable bonds is 5. The molecule has 2 aromatic carbocycles. The molecular weight excluding hydrogens is 300 g/mol. The van der Waals surface area contributed by atoms with Crippen LogP contribution in [0.25, 0.3) is 0 Å². The molecule has 0 aliphatic carbocycles. The van der Waals surface area contributed by atoms with E-state index >= 15 is 0 Å². The molecule has 0 unspecified atom stereocenters. The van der Waals surface area contributed by atoms with Crippen molar-refractivity contribution in [3.05, 3.63) is 64.2 Å². The van der Waals surface area contributed by atoms with Gasteiger partial charge in [-0.2, -0.15) is 5.10 Å². The van der Waals surface area contributed by atoms with Gasteiger partial charge in [-0.05, 0) is 42.0 Å². The Morgan fingerprint density at radius 1 is 1.17 bits per heavy atom. The summed E-state index contributed by atoms with van der Waals surface area (Å²) in [6.45, 7) is 0. The summed E-state index contributed by atoms with van der Waals surface area (Å²) in [5, 5.41) is 16.8. The van der Waals surface area contributed by atoms with E-state index in [1.807, 2.05) is 0 Å². The van der Waals surface area contributed by atoms with Crippen LogP contribution in [0, 0.1) is 10.1 Å². The standard InChI is InChI=1S/C15H14N4O4/c1-23-14-8-2-11(3-9-14)10-16-18-15(20)17-12-4-6-13(7-5-12)19(21)22/h2-10H,1H3,(H2,17,18,20)/b16-10+. The van der Waals surface area contributed by atoms with Crippen molar-refractivity contribution < 1.29 is 14.5 Å². The van der Waals surface area contributed by atoms with Gasteiger partial charge in [-0.15, -0.1) is 0 Å². The second-order valence-corrected chi connectivity index (χ2v) is 4.40. The molecule has 0 heterocycles. The number of non-ortho nitro benzene ring substituents is 1. The van der Waals surface area contributed by atoms with Crippen LogP contribution in [0.15, 0.2) is 53.6 Å². The summed E-state index contributed by atoms with van der Waals surface area (Å²) in [6, 6.07) is 12.1. The second kappa shape index (κ2) is 7.55. The molecule has 23 heavy (non-hydrogen) atoms. The first-order chi connectivity index (χ1) is 11.1. The molecule has 0 radical (unpaired) electrons. The van der Waals surface area contributed by atoms with E-state index in [2.05, 4.69) is 15.8 Å². The SMILES string of the molecule is COc1ccc(/C=N/NC(=O)Nc2ccc([N+](=O)[O-])cc2)cc1. The first-order valence-electron chi connectivity index (χ1n) is 6.57. The maximum Gasteiger partial charge on any atom is 0.339 e. The zero-order valence-electron chi connectivity index (χ0n) is 12.2. The number of nitrogens with zero attached hydrogens (tertiary/aromatic N) is 2. The molecule has 0 atom stereocenters. The number of amides is 2. The average molecular weight is 314 g/mol. The first kappa shape index (κ1) is 16.0. The van der Waals surface area contributed by atoms with Crippen LogP contribution in [0.4, 0.5) is 16.2 Å². The minimum atomic E-state index is -0.552. The van der Waals surface area contributed by atoms with Crippen molar-refractivity contribution >= 4 is 23.6 Å². The van der Waals surface area contributed by atoms with Crippen LogP contribution in [0.5, 0.6) is 5.75 Å². The lowest BCUT2D eigenvalue weighted by Gasteiger charge is -2.03. The molecule has 0 aliphatic rings. The number of anilines is 1. The van der Waals surface area contributed by atoms with E-state index in [4.69, 9.17) is 4.74 Å². The van der Waals surface area contributed by atoms with Crippen LogP contribution in [-0.4, -0.2) is 24.3 Å². The van der Waals surface area contributed by atoms with Crippen molar-refractivity contribution in [1.29, 1.82) is 0 Å². The molecular formula is C15H14N4O4. The Hall–Kier alpha value is -3.42. The number of benzene rings is 2. The van der Waals surface area contributed by atoms with Crippen molar-refractivity contribution in [2.45, 2.75) is 0 Å². The number of nitro benzene ring substituents is 1. The van der Waals surface area contributed by atoms with Crippen LogP contribution < -0.4 is 15.5 Å². The smallest absolute Gasteiger partial charge is 0.339 e. The largest absolute Gasteiger partial charge is 0.497 e. The van der Waals surface area contributed by atoms with Gasteiger partial charge in [-0.1, -0.05) is 0 Å². The number of hydrogen-bond acceptors (Lipinski definition) is 5. The monoisotopic (exact) mass is 314 g/mol. The molecule has 0 bridgehead atoms. The van der Waals surface area contributed by atoms with Gasteiger partial charge in [0.25, 0.3) is 5.69 Å². The van der Waals surface area contributed by atoms with E-state index in [0.29, 0.717) is 5.69 Å². The summed E-state index contributed by atoms with van der Waals surface area (Å²) in [6.07, 6.45) is 1.48. The van der Waals surface area contributed by atoms with Gasteiger partial charge in [0.15, 0.2) is 0 Å². The van der Waals surface area contributed by atoms with Gasteiger partial charge in [-0.3, -0.25) is 10.1 Å². The predicted molar refractivity (Wildman–Crippen MR) is 85.8 cm³/mol. The molecule has 0 aromatic heterocycles. The molecule has 0 saturated carbocycles. The lowest BCUT2D eigenvalue weighted by atomic mass is 10.2. The number of carbonyl (C=O) groups is 1. The zero-order valence-corrected chi connectivity index (χ0v) is 12.2. The Morgan fingerprint density at radius 3 is 2.39 bits per heavy atom.